The van der Waals surface area contributed by atoms with Gasteiger partial charge in [0.25, 0.3) is 0 Å². The van der Waals surface area contributed by atoms with Crippen molar-refractivity contribution >= 4 is 24.2 Å². The minimum atomic E-state index is -0.0333. The van der Waals surface area contributed by atoms with Crippen molar-refractivity contribution in [1.82, 2.24) is 10.2 Å². The zero-order chi connectivity index (χ0) is 15.2. The second-order valence-corrected chi connectivity index (χ2v) is 5.86. The van der Waals surface area contributed by atoms with Gasteiger partial charge in [-0.1, -0.05) is 0 Å². The van der Waals surface area contributed by atoms with Gasteiger partial charge in [0.2, 0.25) is 11.8 Å². The van der Waals surface area contributed by atoms with Gasteiger partial charge in [0, 0.05) is 38.7 Å². The molecular formula is C15H28ClN3O3. The lowest BCUT2D eigenvalue weighted by Crippen LogP contribution is -2.50. The number of carbonyl (C=O) groups is 2. The largest absolute Gasteiger partial charge is 0.378 e. The molecular weight excluding hydrogens is 306 g/mol. The molecule has 0 radical (unpaired) electrons. The fraction of sp³-hybridized carbons (Fsp3) is 0.867. The summed E-state index contributed by atoms with van der Waals surface area (Å²) in [6, 6.07) is 0.121. The van der Waals surface area contributed by atoms with E-state index in [1.807, 2.05) is 11.8 Å². The van der Waals surface area contributed by atoms with Gasteiger partial charge < -0.3 is 20.7 Å². The smallest absolute Gasteiger partial charge is 0.228 e. The summed E-state index contributed by atoms with van der Waals surface area (Å²) in [6.45, 7) is 4.31. The fourth-order valence-electron chi connectivity index (χ4n) is 3.00. The van der Waals surface area contributed by atoms with Crippen molar-refractivity contribution in [3.05, 3.63) is 0 Å². The van der Waals surface area contributed by atoms with Crippen molar-refractivity contribution in [3.8, 4) is 0 Å². The molecule has 3 N–H and O–H groups in total. The number of nitrogens with one attached hydrogen (secondary N) is 1. The highest BCUT2D eigenvalue weighted by atomic mass is 35.5. The summed E-state index contributed by atoms with van der Waals surface area (Å²) in [4.78, 5) is 26.0. The zero-order valence-corrected chi connectivity index (χ0v) is 14.1. The van der Waals surface area contributed by atoms with Crippen LogP contribution in [0, 0.1) is 5.92 Å². The summed E-state index contributed by atoms with van der Waals surface area (Å²) >= 11 is 0. The highest BCUT2D eigenvalue weighted by Crippen LogP contribution is 2.36. The maximum Gasteiger partial charge on any atom is 0.228 e. The van der Waals surface area contributed by atoms with Crippen LogP contribution in [0.2, 0.25) is 0 Å². The Kier molecular flexibility index (Phi) is 8.14. The topological polar surface area (TPSA) is 84.7 Å². The molecule has 7 heteroatoms. The molecule has 0 spiro atoms. The maximum absolute atomic E-state index is 12.5. The first-order valence-corrected chi connectivity index (χ1v) is 8.06. The number of hydrogen-bond acceptors (Lipinski definition) is 4. The second kappa shape index (κ2) is 9.33. The Morgan fingerprint density at radius 1 is 1.36 bits per heavy atom. The van der Waals surface area contributed by atoms with E-state index >= 15 is 0 Å². The lowest BCUT2D eigenvalue weighted by molar-refractivity contribution is -0.137. The number of likely N-dealkylation sites (tertiary alicyclic amines) is 1. The van der Waals surface area contributed by atoms with E-state index in [1.165, 1.54) is 0 Å². The molecule has 0 aromatic rings. The third kappa shape index (κ3) is 5.11. The number of ether oxygens (including phenoxy) is 1. The van der Waals surface area contributed by atoms with E-state index in [0.717, 1.165) is 32.2 Å². The van der Waals surface area contributed by atoms with Crippen LogP contribution >= 0.6 is 12.4 Å². The number of piperidine rings is 1. The van der Waals surface area contributed by atoms with Gasteiger partial charge in [-0.2, -0.15) is 0 Å². The average Bonchev–Trinajstić information content (AvgIpc) is 3.25. The van der Waals surface area contributed by atoms with Crippen LogP contribution in [0.15, 0.2) is 0 Å². The van der Waals surface area contributed by atoms with Crippen LogP contribution in [0.3, 0.4) is 0 Å². The van der Waals surface area contributed by atoms with Crippen LogP contribution in [0.4, 0.5) is 0 Å². The Morgan fingerprint density at radius 3 is 2.82 bits per heavy atom. The monoisotopic (exact) mass is 333 g/mol. The third-order valence-electron chi connectivity index (χ3n) is 4.25. The molecule has 6 nitrogen and oxygen atoms in total. The SMILES string of the molecule is CCOC1CC1C(=O)N1CCCCC1CNC(=O)CCN.Cl. The molecule has 1 heterocycles. The molecule has 1 saturated carbocycles. The second-order valence-electron chi connectivity index (χ2n) is 5.86. The van der Waals surface area contributed by atoms with E-state index in [0.29, 0.717) is 26.1 Å². The molecule has 0 aromatic heterocycles. The van der Waals surface area contributed by atoms with Crippen molar-refractivity contribution in [2.24, 2.45) is 11.7 Å². The highest BCUT2D eigenvalue weighted by molar-refractivity contribution is 5.85. The molecule has 3 atom stereocenters. The van der Waals surface area contributed by atoms with Crippen molar-refractivity contribution in [2.75, 3.05) is 26.2 Å². The fourth-order valence-corrected chi connectivity index (χ4v) is 3.00. The molecule has 3 unspecified atom stereocenters. The van der Waals surface area contributed by atoms with E-state index in [1.54, 1.807) is 0 Å². The Bertz CT molecular complexity index is 381. The molecule has 1 aliphatic heterocycles. The van der Waals surface area contributed by atoms with Gasteiger partial charge in [-0.15, -0.1) is 12.4 Å². The summed E-state index contributed by atoms with van der Waals surface area (Å²) in [6.07, 6.45) is 4.41. The van der Waals surface area contributed by atoms with Crippen LogP contribution in [-0.4, -0.2) is 55.1 Å². The Hall–Kier alpha value is -0.850. The Labute approximate surface area is 138 Å². The number of amides is 2. The molecule has 0 bridgehead atoms. The molecule has 2 rings (SSSR count). The van der Waals surface area contributed by atoms with Gasteiger partial charge in [0.15, 0.2) is 0 Å². The van der Waals surface area contributed by atoms with Crippen molar-refractivity contribution in [1.29, 1.82) is 0 Å². The summed E-state index contributed by atoms with van der Waals surface area (Å²) in [5.41, 5.74) is 5.37. The quantitative estimate of drug-likeness (QED) is 0.717. The summed E-state index contributed by atoms with van der Waals surface area (Å²) in [7, 11) is 0. The number of nitrogens with two attached hydrogens (primary N) is 1. The lowest BCUT2D eigenvalue weighted by Gasteiger charge is -2.36. The van der Waals surface area contributed by atoms with Crippen LogP contribution in [0.1, 0.15) is 39.0 Å². The summed E-state index contributed by atoms with van der Waals surface area (Å²) in [5, 5.41) is 2.89. The van der Waals surface area contributed by atoms with E-state index < -0.39 is 0 Å². The minimum absolute atomic E-state index is 0. The van der Waals surface area contributed by atoms with Crippen LogP contribution in [0.25, 0.3) is 0 Å². The minimum Gasteiger partial charge on any atom is -0.378 e. The lowest BCUT2D eigenvalue weighted by atomic mass is 10.0. The molecule has 1 aliphatic carbocycles. The van der Waals surface area contributed by atoms with Crippen molar-refractivity contribution < 1.29 is 14.3 Å². The number of halogens is 1. The standard InChI is InChI=1S/C15H27N3O3.ClH/c1-2-21-13-9-12(13)15(20)18-8-4-3-5-11(18)10-17-14(19)6-7-16;/h11-13H,2-10,16H2,1H3,(H,17,19);1H. The van der Waals surface area contributed by atoms with E-state index in [2.05, 4.69) is 5.32 Å². The molecule has 0 aromatic carbocycles. The molecule has 22 heavy (non-hydrogen) atoms. The van der Waals surface area contributed by atoms with Gasteiger partial charge >= 0.3 is 0 Å². The molecule has 1 saturated heterocycles. The van der Waals surface area contributed by atoms with Crippen LogP contribution in [0.5, 0.6) is 0 Å². The molecule has 2 amide bonds. The Balaban J connectivity index is 0.00000242. The number of carbonyl (C=O) groups excluding carboxylic acids is 2. The summed E-state index contributed by atoms with van der Waals surface area (Å²) in [5.74, 6) is 0.200. The van der Waals surface area contributed by atoms with Gasteiger partial charge in [0.05, 0.1) is 12.0 Å². The summed E-state index contributed by atoms with van der Waals surface area (Å²) < 4.78 is 5.51. The molecule has 2 fully saturated rings. The average molecular weight is 334 g/mol. The highest BCUT2D eigenvalue weighted by Gasteiger charge is 2.47. The van der Waals surface area contributed by atoms with E-state index in [4.69, 9.17) is 10.5 Å². The predicted octanol–water partition coefficient (Wildman–Crippen LogP) is 0.679. The number of rotatable bonds is 7. The first kappa shape index (κ1) is 19.2. The maximum atomic E-state index is 12.5. The van der Waals surface area contributed by atoms with Gasteiger partial charge in [-0.05, 0) is 32.6 Å². The van der Waals surface area contributed by atoms with E-state index in [-0.39, 0.29) is 42.3 Å². The number of hydrogen-bond donors (Lipinski definition) is 2. The van der Waals surface area contributed by atoms with Gasteiger partial charge in [-0.25, -0.2) is 0 Å². The van der Waals surface area contributed by atoms with Crippen LogP contribution < -0.4 is 11.1 Å². The third-order valence-corrected chi connectivity index (χ3v) is 4.25. The normalized spacial score (nSPS) is 27.0. The first-order valence-electron chi connectivity index (χ1n) is 8.06. The van der Waals surface area contributed by atoms with Crippen LogP contribution in [-0.2, 0) is 14.3 Å². The van der Waals surface area contributed by atoms with Gasteiger partial charge in [0.1, 0.15) is 0 Å². The Morgan fingerprint density at radius 2 is 2.14 bits per heavy atom. The van der Waals surface area contributed by atoms with Gasteiger partial charge in [-0.3, -0.25) is 9.59 Å². The van der Waals surface area contributed by atoms with Crippen molar-refractivity contribution in [2.45, 2.75) is 51.2 Å². The molecule has 128 valence electrons. The first-order chi connectivity index (χ1) is 10.2. The zero-order valence-electron chi connectivity index (χ0n) is 13.3. The number of nitrogens with zero attached hydrogens (tertiary/aromatic N) is 1. The van der Waals surface area contributed by atoms with Crippen molar-refractivity contribution in [3.63, 3.8) is 0 Å². The predicted molar refractivity (Wildman–Crippen MR) is 86.8 cm³/mol. The van der Waals surface area contributed by atoms with E-state index in [9.17, 15) is 9.59 Å². The molecule has 2 aliphatic rings.